The summed E-state index contributed by atoms with van der Waals surface area (Å²) < 4.78 is 5.08. The van der Waals surface area contributed by atoms with Crippen molar-refractivity contribution in [1.82, 2.24) is 0 Å². The minimum Gasteiger partial charge on any atom is -0.497 e. The summed E-state index contributed by atoms with van der Waals surface area (Å²) in [7, 11) is 1.62. The quantitative estimate of drug-likeness (QED) is 0.766. The number of hydrogen-bond donors (Lipinski definition) is 2. The van der Waals surface area contributed by atoms with Crippen LogP contribution in [0.25, 0.3) is 0 Å². The molecule has 0 amide bonds. The van der Waals surface area contributed by atoms with E-state index >= 15 is 0 Å². The van der Waals surface area contributed by atoms with Gasteiger partial charge in [-0.1, -0.05) is 6.07 Å². The summed E-state index contributed by atoms with van der Waals surface area (Å²) in [4.78, 5) is 0. The smallest absolute Gasteiger partial charge is 0.119 e. The lowest BCUT2D eigenvalue weighted by molar-refractivity contribution is 0.152. The van der Waals surface area contributed by atoms with Crippen LogP contribution in [0.4, 0.5) is 0 Å². The van der Waals surface area contributed by atoms with Gasteiger partial charge in [-0.25, -0.2) is 0 Å². The van der Waals surface area contributed by atoms with Gasteiger partial charge in [0.2, 0.25) is 0 Å². The van der Waals surface area contributed by atoms with E-state index in [2.05, 4.69) is 0 Å². The first-order chi connectivity index (χ1) is 6.56. The number of methoxy groups -OCH3 is 1. The summed E-state index contributed by atoms with van der Waals surface area (Å²) in [5.74, 6) is 0.795. The van der Waals surface area contributed by atoms with Gasteiger partial charge in [0.15, 0.2) is 0 Å². The molecule has 0 aromatic heterocycles. The van der Waals surface area contributed by atoms with Crippen molar-refractivity contribution in [1.29, 1.82) is 0 Å². The van der Waals surface area contributed by atoms with Gasteiger partial charge in [-0.05, 0) is 37.1 Å². The van der Waals surface area contributed by atoms with Crippen LogP contribution in [0.3, 0.4) is 0 Å². The Hall–Kier alpha value is -1.06. The molecule has 3 nitrogen and oxygen atoms in total. The fraction of sp³-hybridized carbons (Fsp3) is 0.455. The molecule has 0 spiro atoms. The maximum Gasteiger partial charge on any atom is 0.119 e. The number of benzene rings is 1. The van der Waals surface area contributed by atoms with Crippen LogP contribution in [-0.4, -0.2) is 18.3 Å². The average molecular weight is 195 g/mol. The van der Waals surface area contributed by atoms with E-state index in [1.54, 1.807) is 14.0 Å². The van der Waals surface area contributed by atoms with Gasteiger partial charge in [-0.2, -0.15) is 0 Å². The minimum absolute atomic E-state index is 0.262. The summed E-state index contributed by atoms with van der Waals surface area (Å²) in [6.45, 7) is 3.72. The van der Waals surface area contributed by atoms with Gasteiger partial charge < -0.3 is 15.6 Å². The highest BCUT2D eigenvalue weighted by molar-refractivity contribution is 5.36. The van der Waals surface area contributed by atoms with E-state index in [1.165, 1.54) is 0 Å². The van der Waals surface area contributed by atoms with Gasteiger partial charge in [0.1, 0.15) is 5.75 Å². The van der Waals surface area contributed by atoms with Gasteiger partial charge >= 0.3 is 0 Å². The number of aliphatic hydroxyl groups is 1. The second kappa shape index (κ2) is 4.44. The van der Waals surface area contributed by atoms with Crippen LogP contribution in [0.1, 0.15) is 24.2 Å². The molecule has 2 atom stereocenters. The molecule has 0 aliphatic heterocycles. The molecular formula is C11H17NO2. The Morgan fingerprint density at radius 3 is 2.50 bits per heavy atom. The largest absolute Gasteiger partial charge is 0.497 e. The molecule has 0 unspecified atom stereocenters. The third-order valence-corrected chi connectivity index (χ3v) is 2.29. The molecular weight excluding hydrogens is 178 g/mol. The number of ether oxygens (including phenoxy) is 1. The molecule has 3 N–H and O–H groups in total. The fourth-order valence-electron chi connectivity index (χ4n) is 1.39. The van der Waals surface area contributed by atoms with E-state index in [1.807, 2.05) is 25.1 Å². The van der Waals surface area contributed by atoms with E-state index in [-0.39, 0.29) is 6.04 Å². The predicted octanol–water partition coefficient (Wildman–Crippen LogP) is 1.38. The Balaban J connectivity index is 2.99. The van der Waals surface area contributed by atoms with Crippen molar-refractivity contribution in [2.75, 3.05) is 7.11 Å². The number of nitrogens with two attached hydrogens (primary N) is 1. The number of rotatable bonds is 3. The molecule has 0 fully saturated rings. The molecule has 0 bridgehead atoms. The van der Waals surface area contributed by atoms with Gasteiger partial charge in [0, 0.05) is 6.04 Å². The topological polar surface area (TPSA) is 55.5 Å². The molecule has 0 aliphatic carbocycles. The van der Waals surface area contributed by atoms with E-state index in [0.29, 0.717) is 0 Å². The van der Waals surface area contributed by atoms with E-state index in [9.17, 15) is 5.11 Å². The summed E-state index contributed by atoms with van der Waals surface area (Å²) in [6.07, 6.45) is -0.610. The molecule has 0 saturated heterocycles. The van der Waals surface area contributed by atoms with Crippen LogP contribution in [0.2, 0.25) is 0 Å². The van der Waals surface area contributed by atoms with Crippen LogP contribution >= 0.6 is 0 Å². The average Bonchev–Trinajstić information content (AvgIpc) is 2.16. The molecule has 3 heteroatoms. The highest BCUT2D eigenvalue weighted by Gasteiger charge is 2.14. The van der Waals surface area contributed by atoms with Crippen LogP contribution in [0, 0.1) is 6.92 Å². The van der Waals surface area contributed by atoms with E-state index in [4.69, 9.17) is 10.5 Å². The van der Waals surface area contributed by atoms with Gasteiger partial charge in [-0.3, -0.25) is 0 Å². The molecule has 1 aromatic carbocycles. The highest BCUT2D eigenvalue weighted by atomic mass is 16.5. The van der Waals surface area contributed by atoms with Crippen molar-refractivity contribution in [3.8, 4) is 5.75 Å². The van der Waals surface area contributed by atoms with Crippen molar-refractivity contribution in [3.05, 3.63) is 29.3 Å². The molecule has 1 rings (SSSR count). The Kier molecular flexibility index (Phi) is 3.49. The molecule has 0 heterocycles. The first kappa shape index (κ1) is 11.0. The maximum absolute atomic E-state index is 9.78. The zero-order valence-electron chi connectivity index (χ0n) is 8.82. The van der Waals surface area contributed by atoms with Gasteiger partial charge in [-0.15, -0.1) is 0 Å². The maximum atomic E-state index is 9.78. The lowest BCUT2D eigenvalue weighted by Crippen LogP contribution is -2.24. The minimum atomic E-state index is -0.610. The normalized spacial score (nSPS) is 14.9. The van der Waals surface area contributed by atoms with Crippen molar-refractivity contribution in [3.63, 3.8) is 0 Å². The molecule has 1 aromatic rings. The van der Waals surface area contributed by atoms with Crippen molar-refractivity contribution in [2.24, 2.45) is 5.73 Å². The van der Waals surface area contributed by atoms with Crippen molar-refractivity contribution >= 4 is 0 Å². The molecule has 0 aliphatic rings. The molecule has 0 saturated carbocycles. The van der Waals surface area contributed by atoms with E-state index < -0.39 is 6.10 Å². The number of hydrogen-bond acceptors (Lipinski definition) is 3. The van der Waals surface area contributed by atoms with Gasteiger partial charge in [0.25, 0.3) is 0 Å². The second-order valence-electron chi connectivity index (χ2n) is 3.53. The highest BCUT2D eigenvalue weighted by Crippen LogP contribution is 2.23. The Bertz CT molecular complexity index is 310. The summed E-state index contributed by atoms with van der Waals surface area (Å²) in [5.41, 5.74) is 7.48. The predicted molar refractivity (Wildman–Crippen MR) is 56.3 cm³/mol. The third-order valence-electron chi connectivity index (χ3n) is 2.29. The standard InChI is InChI=1S/C11H17NO2/c1-7-6-9(14-3)4-5-10(7)11(13)8(2)12/h4-6,8,11,13H,12H2,1-3H3/t8-,11-/m0/s1. The van der Waals surface area contributed by atoms with Crippen LogP contribution in [-0.2, 0) is 0 Å². The lowest BCUT2D eigenvalue weighted by Gasteiger charge is -2.17. The van der Waals surface area contributed by atoms with E-state index in [0.717, 1.165) is 16.9 Å². The second-order valence-corrected chi connectivity index (χ2v) is 3.53. The summed E-state index contributed by atoms with van der Waals surface area (Å²) >= 11 is 0. The summed E-state index contributed by atoms with van der Waals surface area (Å²) in [6, 6.07) is 5.30. The van der Waals surface area contributed by atoms with Crippen LogP contribution in [0.15, 0.2) is 18.2 Å². The van der Waals surface area contributed by atoms with Crippen LogP contribution < -0.4 is 10.5 Å². The lowest BCUT2D eigenvalue weighted by atomic mass is 9.99. The first-order valence-corrected chi connectivity index (χ1v) is 4.64. The molecule has 14 heavy (non-hydrogen) atoms. The third kappa shape index (κ3) is 2.25. The zero-order chi connectivity index (χ0) is 10.7. The Labute approximate surface area is 84.5 Å². The number of aryl methyl sites for hydroxylation is 1. The fourth-order valence-corrected chi connectivity index (χ4v) is 1.39. The molecule has 0 radical (unpaired) electrons. The zero-order valence-corrected chi connectivity index (χ0v) is 8.82. The summed E-state index contributed by atoms with van der Waals surface area (Å²) in [5, 5.41) is 9.78. The molecule has 78 valence electrons. The van der Waals surface area contributed by atoms with Crippen LogP contribution in [0.5, 0.6) is 5.75 Å². The first-order valence-electron chi connectivity index (χ1n) is 4.64. The number of aliphatic hydroxyl groups excluding tert-OH is 1. The van der Waals surface area contributed by atoms with Crippen molar-refractivity contribution < 1.29 is 9.84 Å². The SMILES string of the molecule is COc1ccc([C@@H](O)[C@H](C)N)c(C)c1. The monoisotopic (exact) mass is 195 g/mol. The Morgan fingerprint density at radius 1 is 1.43 bits per heavy atom. The van der Waals surface area contributed by atoms with Crippen molar-refractivity contribution in [2.45, 2.75) is 26.0 Å². The van der Waals surface area contributed by atoms with Gasteiger partial charge in [0.05, 0.1) is 13.2 Å². The Morgan fingerprint density at radius 2 is 2.07 bits per heavy atom.